The lowest BCUT2D eigenvalue weighted by Gasteiger charge is -2.22. The predicted molar refractivity (Wildman–Crippen MR) is 99.6 cm³/mol. The number of aryl methyl sites for hydroxylation is 2. The molecule has 0 bridgehead atoms. The second-order valence-electron chi connectivity index (χ2n) is 6.07. The Morgan fingerprint density at radius 3 is 2.59 bits per heavy atom. The van der Waals surface area contributed by atoms with Crippen molar-refractivity contribution >= 4 is 21.6 Å². The van der Waals surface area contributed by atoms with E-state index >= 15 is 0 Å². The summed E-state index contributed by atoms with van der Waals surface area (Å²) in [6, 6.07) is 6.73. The van der Waals surface area contributed by atoms with E-state index in [9.17, 15) is 22.4 Å². The molecular weight excluding hydrogens is 375 g/mol. The highest BCUT2D eigenvalue weighted by Crippen LogP contribution is 2.18. The highest BCUT2D eigenvalue weighted by atomic mass is 32.2. The quantitative estimate of drug-likeness (QED) is 0.738. The van der Waals surface area contributed by atoms with Gasteiger partial charge in [-0.2, -0.15) is 4.98 Å². The fourth-order valence-electron chi connectivity index (χ4n) is 2.57. The standard InChI is InChI=1S/C17H21FN4O4S/c1-12-9-13(2)21(17(24)20-12)8-7-19-16(23)11-22(27(3,25)26)15-6-4-5-14(18)10-15/h4-6,9-10H,7-8,11H2,1-3H3,(H,19,23). The van der Waals surface area contributed by atoms with E-state index < -0.39 is 34.0 Å². The number of nitrogens with one attached hydrogen (secondary N) is 1. The van der Waals surface area contributed by atoms with E-state index in [0.717, 1.165) is 16.6 Å². The van der Waals surface area contributed by atoms with Gasteiger partial charge in [-0.15, -0.1) is 0 Å². The Balaban J connectivity index is 2.04. The summed E-state index contributed by atoms with van der Waals surface area (Å²) in [6.45, 7) is 3.29. The number of aromatic nitrogens is 2. The van der Waals surface area contributed by atoms with Crippen molar-refractivity contribution in [3.05, 3.63) is 58.0 Å². The Morgan fingerprint density at radius 2 is 2.00 bits per heavy atom. The molecule has 2 aromatic rings. The average Bonchev–Trinajstić information content (AvgIpc) is 2.54. The summed E-state index contributed by atoms with van der Waals surface area (Å²) in [5.74, 6) is -1.18. The van der Waals surface area contributed by atoms with Crippen LogP contribution in [0, 0.1) is 19.7 Å². The Bertz CT molecular complexity index is 1000. The van der Waals surface area contributed by atoms with Crippen LogP contribution in [0.2, 0.25) is 0 Å². The molecule has 146 valence electrons. The first-order valence-corrected chi connectivity index (χ1v) is 9.98. The average molecular weight is 396 g/mol. The molecule has 1 N–H and O–H groups in total. The van der Waals surface area contributed by atoms with Gasteiger partial charge in [-0.05, 0) is 38.1 Å². The maximum Gasteiger partial charge on any atom is 0.348 e. The van der Waals surface area contributed by atoms with Gasteiger partial charge in [0.25, 0.3) is 0 Å². The van der Waals surface area contributed by atoms with Crippen molar-refractivity contribution in [3.8, 4) is 0 Å². The number of benzene rings is 1. The molecule has 0 unspecified atom stereocenters. The van der Waals surface area contributed by atoms with E-state index in [1.807, 2.05) is 0 Å². The molecule has 0 aliphatic rings. The summed E-state index contributed by atoms with van der Waals surface area (Å²) in [6.07, 6.45) is 0.937. The van der Waals surface area contributed by atoms with Crippen molar-refractivity contribution in [2.75, 3.05) is 23.7 Å². The summed E-state index contributed by atoms with van der Waals surface area (Å²) in [7, 11) is -3.78. The first-order chi connectivity index (χ1) is 12.6. The van der Waals surface area contributed by atoms with Crippen LogP contribution in [0.1, 0.15) is 11.4 Å². The third kappa shape index (κ3) is 5.61. The van der Waals surface area contributed by atoms with Crippen LogP contribution < -0.4 is 15.3 Å². The number of rotatable bonds is 7. The monoisotopic (exact) mass is 396 g/mol. The van der Waals surface area contributed by atoms with E-state index in [-0.39, 0.29) is 18.8 Å². The van der Waals surface area contributed by atoms with Crippen LogP contribution in [0.15, 0.2) is 35.1 Å². The zero-order valence-corrected chi connectivity index (χ0v) is 16.1. The van der Waals surface area contributed by atoms with Crippen LogP contribution in [0.4, 0.5) is 10.1 Å². The maximum atomic E-state index is 13.4. The van der Waals surface area contributed by atoms with E-state index in [0.29, 0.717) is 11.4 Å². The Hall–Kier alpha value is -2.75. The number of halogens is 1. The summed E-state index contributed by atoms with van der Waals surface area (Å²) in [5, 5.41) is 2.56. The van der Waals surface area contributed by atoms with Gasteiger partial charge in [-0.1, -0.05) is 6.07 Å². The summed E-state index contributed by atoms with van der Waals surface area (Å²) in [4.78, 5) is 27.9. The maximum absolute atomic E-state index is 13.4. The molecule has 0 atom stereocenters. The van der Waals surface area contributed by atoms with Gasteiger partial charge in [0.05, 0.1) is 11.9 Å². The first kappa shape index (κ1) is 20.6. The van der Waals surface area contributed by atoms with Crippen LogP contribution in [-0.4, -0.2) is 43.2 Å². The second-order valence-corrected chi connectivity index (χ2v) is 7.98. The van der Waals surface area contributed by atoms with Crippen LogP contribution in [-0.2, 0) is 21.4 Å². The lowest BCUT2D eigenvalue weighted by molar-refractivity contribution is -0.119. The number of hydrogen-bond acceptors (Lipinski definition) is 5. The topological polar surface area (TPSA) is 101 Å². The number of carbonyl (C=O) groups is 1. The Labute approximate surface area is 156 Å². The molecule has 0 aliphatic heterocycles. The van der Waals surface area contributed by atoms with Gasteiger partial charge in [-0.25, -0.2) is 17.6 Å². The third-order valence-electron chi connectivity index (χ3n) is 3.79. The molecule has 0 fully saturated rings. The lowest BCUT2D eigenvalue weighted by atomic mass is 10.3. The molecule has 0 radical (unpaired) electrons. The zero-order valence-electron chi connectivity index (χ0n) is 15.3. The number of nitrogens with zero attached hydrogens (tertiary/aromatic N) is 3. The minimum absolute atomic E-state index is 0.0578. The first-order valence-electron chi connectivity index (χ1n) is 8.13. The van der Waals surface area contributed by atoms with Gasteiger partial charge < -0.3 is 5.32 Å². The van der Waals surface area contributed by atoms with Crippen LogP contribution >= 0.6 is 0 Å². The SMILES string of the molecule is Cc1cc(C)n(CCNC(=O)CN(c2cccc(F)c2)S(C)(=O)=O)c(=O)n1. The molecule has 10 heteroatoms. The molecule has 2 rings (SSSR count). The molecule has 1 heterocycles. The largest absolute Gasteiger partial charge is 0.353 e. The molecule has 1 aromatic carbocycles. The lowest BCUT2D eigenvalue weighted by Crippen LogP contribution is -2.42. The summed E-state index contributed by atoms with van der Waals surface area (Å²) < 4.78 is 39.5. The van der Waals surface area contributed by atoms with Crippen molar-refractivity contribution in [1.82, 2.24) is 14.9 Å². The van der Waals surface area contributed by atoms with E-state index in [4.69, 9.17) is 0 Å². The van der Waals surface area contributed by atoms with Crippen molar-refractivity contribution in [1.29, 1.82) is 0 Å². The van der Waals surface area contributed by atoms with Gasteiger partial charge in [0.15, 0.2) is 0 Å². The molecular formula is C17H21FN4O4S. The van der Waals surface area contributed by atoms with Gasteiger partial charge >= 0.3 is 5.69 Å². The fraction of sp³-hybridized carbons (Fsp3) is 0.353. The van der Waals surface area contributed by atoms with Crippen molar-refractivity contribution in [2.45, 2.75) is 20.4 Å². The minimum atomic E-state index is -3.78. The smallest absolute Gasteiger partial charge is 0.348 e. The molecule has 1 amide bonds. The molecule has 0 saturated carbocycles. The molecule has 0 saturated heterocycles. The fourth-order valence-corrected chi connectivity index (χ4v) is 3.42. The van der Waals surface area contributed by atoms with Crippen LogP contribution in [0.25, 0.3) is 0 Å². The van der Waals surface area contributed by atoms with Gasteiger partial charge in [0.1, 0.15) is 12.4 Å². The molecule has 0 aliphatic carbocycles. The van der Waals surface area contributed by atoms with Gasteiger partial charge in [0.2, 0.25) is 15.9 Å². The number of amides is 1. The van der Waals surface area contributed by atoms with Gasteiger partial charge in [0, 0.05) is 24.5 Å². The normalized spacial score (nSPS) is 11.3. The Kier molecular flexibility index (Phi) is 6.32. The summed E-state index contributed by atoms with van der Waals surface area (Å²) >= 11 is 0. The minimum Gasteiger partial charge on any atom is -0.353 e. The molecule has 8 nitrogen and oxygen atoms in total. The Morgan fingerprint density at radius 1 is 1.30 bits per heavy atom. The van der Waals surface area contributed by atoms with E-state index in [2.05, 4.69) is 10.3 Å². The van der Waals surface area contributed by atoms with Crippen LogP contribution in [0.3, 0.4) is 0 Å². The molecule has 1 aromatic heterocycles. The van der Waals surface area contributed by atoms with Crippen molar-refractivity contribution < 1.29 is 17.6 Å². The van der Waals surface area contributed by atoms with Gasteiger partial charge in [-0.3, -0.25) is 13.7 Å². The third-order valence-corrected chi connectivity index (χ3v) is 4.93. The number of anilines is 1. The number of hydrogen-bond donors (Lipinski definition) is 1. The van der Waals surface area contributed by atoms with Crippen molar-refractivity contribution in [2.24, 2.45) is 0 Å². The predicted octanol–water partition coefficient (Wildman–Crippen LogP) is 0.582. The van der Waals surface area contributed by atoms with E-state index in [1.54, 1.807) is 19.9 Å². The highest BCUT2D eigenvalue weighted by Gasteiger charge is 2.21. The molecule has 0 spiro atoms. The highest BCUT2D eigenvalue weighted by molar-refractivity contribution is 7.92. The summed E-state index contributed by atoms with van der Waals surface area (Å²) in [5.41, 5.74) is 0.956. The molecule has 27 heavy (non-hydrogen) atoms. The van der Waals surface area contributed by atoms with Crippen molar-refractivity contribution in [3.63, 3.8) is 0 Å². The zero-order chi connectivity index (χ0) is 20.2. The number of sulfonamides is 1. The second kappa shape index (κ2) is 8.30. The van der Waals surface area contributed by atoms with Crippen LogP contribution in [0.5, 0.6) is 0 Å². The van der Waals surface area contributed by atoms with E-state index in [1.165, 1.54) is 22.8 Å². The number of carbonyl (C=O) groups excluding carboxylic acids is 1.